The third-order valence-corrected chi connectivity index (χ3v) is 3.16. The van der Waals surface area contributed by atoms with E-state index in [1.165, 1.54) is 17.5 Å². The number of nitrogens with zero attached hydrogens (tertiary/aromatic N) is 2. The molecule has 0 atom stereocenters. The van der Waals surface area contributed by atoms with Gasteiger partial charge in [0.1, 0.15) is 0 Å². The minimum absolute atomic E-state index is 0.205. The molecule has 0 saturated heterocycles. The third kappa shape index (κ3) is 2.24. The van der Waals surface area contributed by atoms with Crippen LogP contribution in [0.2, 0.25) is 0 Å². The number of amides is 1. The molecule has 0 fully saturated rings. The molecule has 0 spiro atoms. The standard InChI is InChI=1S/C8H7BrN4OS/c1-4-5(2-11-13-4)7(14)12-8-10-3-6(9)15-8/h2-3H,1H3,(H,11,13)(H,10,12,14). The third-order valence-electron chi connectivity index (χ3n) is 1.77. The van der Waals surface area contributed by atoms with Crippen molar-refractivity contribution in [1.82, 2.24) is 15.2 Å². The molecule has 5 nitrogen and oxygen atoms in total. The van der Waals surface area contributed by atoms with Gasteiger partial charge in [0, 0.05) is 5.69 Å². The fourth-order valence-electron chi connectivity index (χ4n) is 1.06. The molecule has 0 aliphatic carbocycles. The molecule has 15 heavy (non-hydrogen) atoms. The van der Waals surface area contributed by atoms with Gasteiger partial charge in [-0.25, -0.2) is 4.98 Å². The summed E-state index contributed by atoms with van der Waals surface area (Å²) < 4.78 is 0.877. The fraction of sp³-hybridized carbons (Fsp3) is 0.125. The lowest BCUT2D eigenvalue weighted by molar-refractivity contribution is 0.102. The molecule has 78 valence electrons. The van der Waals surface area contributed by atoms with E-state index in [0.717, 1.165) is 9.48 Å². The molecule has 2 aromatic heterocycles. The van der Waals surface area contributed by atoms with Gasteiger partial charge in [0.15, 0.2) is 5.13 Å². The highest BCUT2D eigenvalue weighted by Crippen LogP contribution is 2.23. The van der Waals surface area contributed by atoms with E-state index in [9.17, 15) is 4.79 Å². The highest BCUT2D eigenvalue weighted by atomic mass is 79.9. The zero-order valence-corrected chi connectivity index (χ0v) is 10.1. The number of aromatic nitrogens is 3. The minimum Gasteiger partial charge on any atom is -0.298 e. The number of thiazole rings is 1. The summed E-state index contributed by atoms with van der Waals surface area (Å²) in [6, 6.07) is 0. The Morgan fingerprint density at radius 2 is 2.40 bits per heavy atom. The number of carbonyl (C=O) groups excluding carboxylic acids is 1. The normalized spacial score (nSPS) is 10.3. The number of H-pyrrole nitrogens is 1. The van der Waals surface area contributed by atoms with Gasteiger partial charge in [-0.15, -0.1) is 0 Å². The topological polar surface area (TPSA) is 70.7 Å². The molecule has 1 amide bonds. The molecular formula is C8H7BrN4OS. The number of nitrogens with one attached hydrogen (secondary N) is 2. The first kappa shape index (κ1) is 10.3. The Balaban J connectivity index is 2.14. The number of halogens is 1. The molecule has 0 unspecified atom stereocenters. The highest BCUT2D eigenvalue weighted by Gasteiger charge is 2.12. The number of anilines is 1. The molecule has 2 aromatic rings. The van der Waals surface area contributed by atoms with E-state index in [1.54, 1.807) is 13.1 Å². The highest BCUT2D eigenvalue weighted by molar-refractivity contribution is 9.11. The molecule has 0 saturated carbocycles. The average molecular weight is 287 g/mol. The van der Waals surface area contributed by atoms with E-state index in [1.807, 2.05) is 0 Å². The van der Waals surface area contributed by atoms with Crippen molar-refractivity contribution >= 4 is 38.3 Å². The van der Waals surface area contributed by atoms with Crippen LogP contribution in [-0.2, 0) is 0 Å². The fourth-order valence-corrected chi connectivity index (χ4v) is 2.16. The van der Waals surface area contributed by atoms with Gasteiger partial charge in [-0.05, 0) is 22.9 Å². The summed E-state index contributed by atoms with van der Waals surface area (Å²) in [5.74, 6) is -0.205. The second-order valence-electron chi connectivity index (χ2n) is 2.83. The SMILES string of the molecule is Cc1[nH]ncc1C(=O)Nc1ncc(Br)s1. The monoisotopic (exact) mass is 286 g/mol. The van der Waals surface area contributed by atoms with Crippen LogP contribution in [0.15, 0.2) is 16.2 Å². The van der Waals surface area contributed by atoms with Gasteiger partial charge in [-0.3, -0.25) is 15.2 Å². The Morgan fingerprint density at radius 3 is 2.93 bits per heavy atom. The molecule has 2 N–H and O–H groups in total. The second kappa shape index (κ2) is 4.11. The van der Waals surface area contributed by atoms with E-state index in [4.69, 9.17) is 0 Å². The zero-order valence-electron chi connectivity index (χ0n) is 7.74. The van der Waals surface area contributed by atoms with E-state index >= 15 is 0 Å². The average Bonchev–Trinajstić information content (AvgIpc) is 2.75. The van der Waals surface area contributed by atoms with Gasteiger partial charge in [-0.1, -0.05) is 11.3 Å². The molecule has 2 heterocycles. The van der Waals surface area contributed by atoms with Gasteiger partial charge >= 0.3 is 0 Å². The van der Waals surface area contributed by atoms with Gasteiger partial charge in [0.25, 0.3) is 5.91 Å². The van der Waals surface area contributed by atoms with Crippen LogP contribution in [0.4, 0.5) is 5.13 Å². The van der Waals surface area contributed by atoms with E-state index in [-0.39, 0.29) is 5.91 Å². The molecule has 7 heteroatoms. The Labute approximate surface area is 98.1 Å². The molecule has 0 aliphatic rings. The van der Waals surface area contributed by atoms with Crippen molar-refractivity contribution in [1.29, 1.82) is 0 Å². The van der Waals surface area contributed by atoms with Gasteiger partial charge < -0.3 is 0 Å². The number of hydrogen-bond acceptors (Lipinski definition) is 4. The van der Waals surface area contributed by atoms with Crippen LogP contribution in [0, 0.1) is 6.92 Å². The van der Waals surface area contributed by atoms with Crippen molar-refractivity contribution in [2.75, 3.05) is 5.32 Å². The first-order chi connectivity index (χ1) is 7.16. The zero-order chi connectivity index (χ0) is 10.8. The first-order valence-corrected chi connectivity index (χ1v) is 5.70. The van der Waals surface area contributed by atoms with Crippen molar-refractivity contribution in [3.05, 3.63) is 27.4 Å². The van der Waals surface area contributed by atoms with Crippen LogP contribution >= 0.6 is 27.3 Å². The molecule has 0 aromatic carbocycles. The summed E-state index contributed by atoms with van der Waals surface area (Å²) in [4.78, 5) is 15.7. The Morgan fingerprint density at radius 1 is 1.60 bits per heavy atom. The van der Waals surface area contributed by atoms with Crippen molar-refractivity contribution in [2.45, 2.75) is 6.92 Å². The Bertz CT molecular complexity index is 492. The second-order valence-corrected chi connectivity index (χ2v) is 5.24. The number of aryl methyl sites for hydroxylation is 1. The molecule has 0 aliphatic heterocycles. The van der Waals surface area contributed by atoms with Crippen LogP contribution in [-0.4, -0.2) is 21.1 Å². The van der Waals surface area contributed by atoms with Crippen molar-refractivity contribution < 1.29 is 4.79 Å². The molecule has 2 rings (SSSR count). The Kier molecular flexibility index (Phi) is 2.83. The number of carbonyl (C=O) groups is 1. The van der Waals surface area contributed by atoms with Crippen LogP contribution in [0.5, 0.6) is 0 Å². The van der Waals surface area contributed by atoms with Crippen molar-refractivity contribution in [2.24, 2.45) is 0 Å². The maximum Gasteiger partial charge on any atom is 0.260 e. The largest absolute Gasteiger partial charge is 0.298 e. The van der Waals surface area contributed by atoms with Gasteiger partial charge in [-0.2, -0.15) is 5.10 Å². The predicted octanol–water partition coefficient (Wildman–Crippen LogP) is 2.19. The predicted molar refractivity (Wildman–Crippen MR) is 61.1 cm³/mol. The lowest BCUT2D eigenvalue weighted by Gasteiger charge is -1.98. The van der Waals surface area contributed by atoms with Crippen molar-refractivity contribution in [3.8, 4) is 0 Å². The summed E-state index contributed by atoms with van der Waals surface area (Å²) in [6.45, 7) is 1.79. The molecule has 0 radical (unpaired) electrons. The van der Waals surface area contributed by atoms with Crippen LogP contribution < -0.4 is 5.32 Å². The quantitative estimate of drug-likeness (QED) is 0.889. The van der Waals surface area contributed by atoms with Gasteiger partial charge in [0.2, 0.25) is 0 Å². The maximum absolute atomic E-state index is 11.7. The van der Waals surface area contributed by atoms with E-state index in [0.29, 0.717) is 10.7 Å². The van der Waals surface area contributed by atoms with Crippen LogP contribution in [0.3, 0.4) is 0 Å². The summed E-state index contributed by atoms with van der Waals surface area (Å²) in [5, 5.41) is 9.73. The van der Waals surface area contributed by atoms with E-state index in [2.05, 4.69) is 36.4 Å². The summed E-state index contributed by atoms with van der Waals surface area (Å²) >= 11 is 4.63. The molecule has 0 bridgehead atoms. The van der Waals surface area contributed by atoms with Crippen molar-refractivity contribution in [3.63, 3.8) is 0 Å². The Hall–Kier alpha value is -1.21. The lowest BCUT2D eigenvalue weighted by atomic mass is 10.2. The first-order valence-electron chi connectivity index (χ1n) is 4.09. The summed E-state index contributed by atoms with van der Waals surface area (Å²) in [5.41, 5.74) is 1.27. The number of aromatic amines is 1. The maximum atomic E-state index is 11.7. The van der Waals surface area contributed by atoms with Gasteiger partial charge in [0.05, 0.1) is 21.7 Å². The summed E-state index contributed by atoms with van der Waals surface area (Å²) in [7, 11) is 0. The summed E-state index contributed by atoms with van der Waals surface area (Å²) in [6.07, 6.45) is 3.13. The lowest BCUT2D eigenvalue weighted by Crippen LogP contribution is -2.11. The minimum atomic E-state index is -0.205. The smallest absolute Gasteiger partial charge is 0.260 e. The van der Waals surface area contributed by atoms with Crippen LogP contribution in [0.1, 0.15) is 16.1 Å². The van der Waals surface area contributed by atoms with E-state index < -0.39 is 0 Å². The molecular weight excluding hydrogens is 280 g/mol. The number of hydrogen-bond donors (Lipinski definition) is 2. The number of rotatable bonds is 2. The van der Waals surface area contributed by atoms with Crippen LogP contribution in [0.25, 0.3) is 0 Å².